The lowest BCUT2D eigenvalue weighted by Crippen LogP contribution is -2.46. The molecule has 0 unspecified atom stereocenters. The van der Waals surface area contributed by atoms with Gasteiger partial charge in [0.15, 0.2) is 0 Å². The van der Waals surface area contributed by atoms with Gasteiger partial charge in [-0.25, -0.2) is 5.06 Å². The van der Waals surface area contributed by atoms with Crippen molar-refractivity contribution in [2.75, 3.05) is 7.11 Å². The van der Waals surface area contributed by atoms with Crippen LogP contribution in [-0.4, -0.2) is 29.8 Å². The number of amides is 1. The minimum Gasteiger partial charge on any atom is -0.281 e. The summed E-state index contributed by atoms with van der Waals surface area (Å²) in [6, 6.07) is 18.4. The summed E-state index contributed by atoms with van der Waals surface area (Å²) in [5.74, 6) is -0.0235. The zero-order chi connectivity index (χ0) is 16.4. The summed E-state index contributed by atoms with van der Waals surface area (Å²) >= 11 is 0. The summed E-state index contributed by atoms with van der Waals surface area (Å²) in [5, 5.41) is 4.74. The van der Waals surface area contributed by atoms with Gasteiger partial charge >= 0.3 is 0 Å². The number of nitrogens with one attached hydrogen (secondary N) is 1. The van der Waals surface area contributed by atoms with Crippen LogP contribution in [0.15, 0.2) is 54.6 Å². The number of carbonyl (C=O) groups excluding carboxylic acids is 1. The monoisotopic (exact) mass is 310 g/mol. The number of benzene rings is 2. The van der Waals surface area contributed by atoms with Gasteiger partial charge in [0.05, 0.1) is 13.2 Å². The third-order valence-electron chi connectivity index (χ3n) is 4.22. The van der Waals surface area contributed by atoms with Gasteiger partial charge in [-0.2, -0.15) is 0 Å². The van der Waals surface area contributed by atoms with Crippen LogP contribution in [0.25, 0.3) is 11.1 Å². The lowest BCUT2D eigenvalue weighted by molar-refractivity contribution is -0.192. The molecule has 3 rings (SSSR count). The van der Waals surface area contributed by atoms with Crippen LogP contribution in [0.2, 0.25) is 0 Å². The first-order chi connectivity index (χ1) is 11.0. The first-order valence-electron chi connectivity index (χ1n) is 7.81. The lowest BCUT2D eigenvalue weighted by atomic mass is 10.0. The van der Waals surface area contributed by atoms with Gasteiger partial charge in [-0.15, -0.1) is 0 Å². The van der Waals surface area contributed by atoms with Crippen LogP contribution < -0.4 is 5.32 Å². The van der Waals surface area contributed by atoms with Crippen molar-refractivity contribution in [1.82, 2.24) is 10.4 Å². The summed E-state index contributed by atoms with van der Waals surface area (Å²) in [6.07, 6.45) is 0.650. The van der Waals surface area contributed by atoms with Crippen molar-refractivity contribution < 1.29 is 9.63 Å². The quantitative estimate of drug-likeness (QED) is 0.944. The Morgan fingerprint density at radius 2 is 1.65 bits per heavy atom. The van der Waals surface area contributed by atoms with E-state index in [0.717, 1.165) is 5.56 Å². The summed E-state index contributed by atoms with van der Waals surface area (Å²) in [6.45, 7) is 3.87. The molecule has 2 aromatic carbocycles. The Bertz CT molecular complexity index is 680. The molecule has 0 aromatic heterocycles. The van der Waals surface area contributed by atoms with E-state index in [2.05, 4.69) is 41.7 Å². The molecule has 0 radical (unpaired) electrons. The zero-order valence-corrected chi connectivity index (χ0v) is 13.7. The highest BCUT2D eigenvalue weighted by Crippen LogP contribution is 2.24. The van der Waals surface area contributed by atoms with Crippen molar-refractivity contribution in [3.05, 3.63) is 60.2 Å². The standard InChI is InChI=1S/C19H22N2O2/c1-19(2)20-17(18(22)21(19)23-3)13-14-9-11-16(12-10-14)15-7-5-4-6-8-15/h4-12,17,20H,13H2,1-3H3/t17-/m0/s1. The van der Waals surface area contributed by atoms with E-state index in [9.17, 15) is 4.79 Å². The third kappa shape index (κ3) is 3.14. The van der Waals surface area contributed by atoms with Gasteiger partial charge in [-0.1, -0.05) is 54.6 Å². The fourth-order valence-corrected chi connectivity index (χ4v) is 3.12. The first-order valence-corrected chi connectivity index (χ1v) is 7.81. The molecule has 1 N–H and O–H groups in total. The minimum absolute atomic E-state index is 0.0235. The Balaban J connectivity index is 1.73. The Kier molecular flexibility index (Phi) is 4.20. The van der Waals surface area contributed by atoms with E-state index in [-0.39, 0.29) is 11.9 Å². The van der Waals surface area contributed by atoms with Gasteiger partial charge in [-0.3, -0.25) is 14.9 Å². The molecule has 0 bridgehead atoms. The molecule has 23 heavy (non-hydrogen) atoms. The molecule has 2 aromatic rings. The van der Waals surface area contributed by atoms with E-state index in [1.54, 1.807) is 0 Å². The summed E-state index contributed by atoms with van der Waals surface area (Å²) in [4.78, 5) is 17.6. The number of hydroxylamine groups is 2. The number of hydrogen-bond acceptors (Lipinski definition) is 3. The summed E-state index contributed by atoms with van der Waals surface area (Å²) < 4.78 is 0. The minimum atomic E-state index is -0.486. The molecule has 120 valence electrons. The summed E-state index contributed by atoms with van der Waals surface area (Å²) in [5.41, 5.74) is 3.02. The SMILES string of the molecule is CON1C(=O)[C@H](Cc2ccc(-c3ccccc3)cc2)NC1(C)C. The number of nitrogens with zero attached hydrogens (tertiary/aromatic N) is 1. The second kappa shape index (κ2) is 6.14. The summed E-state index contributed by atoms with van der Waals surface area (Å²) in [7, 11) is 1.53. The van der Waals surface area contributed by atoms with Gasteiger partial charge in [0.25, 0.3) is 5.91 Å². The van der Waals surface area contributed by atoms with Crippen LogP contribution in [0.1, 0.15) is 19.4 Å². The molecular formula is C19H22N2O2. The van der Waals surface area contributed by atoms with E-state index >= 15 is 0 Å². The molecule has 1 atom stereocenters. The van der Waals surface area contributed by atoms with E-state index in [0.29, 0.717) is 6.42 Å². The van der Waals surface area contributed by atoms with E-state index < -0.39 is 5.66 Å². The average molecular weight is 310 g/mol. The maximum atomic E-state index is 12.4. The van der Waals surface area contributed by atoms with Gasteiger partial charge < -0.3 is 0 Å². The molecule has 1 amide bonds. The van der Waals surface area contributed by atoms with Crippen LogP contribution in [0.3, 0.4) is 0 Å². The van der Waals surface area contributed by atoms with Crippen LogP contribution in [0.4, 0.5) is 0 Å². The zero-order valence-electron chi connectivity index (χ0n) is 13.7. The molecule has 4 heteroatoms. The first kappa shape index (κ1) is 15.7. The van der Waals surface area contributed by atoms with Crippen molar-refractivity contribution in [2.45, 2.75) is 32.0 Å². The molecule has 1 aliphatic rings. The van der Waals surface area contributed by atoms with Gasteiger partial charge in [-0.05, 0) is 37.0 Å². The highest BCUT2D eigenvalue weighted by molar-refractivity contribution is 5.84. The molecule has 0 saturated carbocycles. The van der Waals surface area contributed by atoms with Crippen LogP contribution in [0.5, 0.6) is 0 Å². The average Bonchev–Trinajstić information content (AvgIpc) is 2.77. The van der Waals surface area contributed by atoms with Crippen molar-refractivity contribution in [2.24, 2.45) is 0 Å². The normalized spacial score (nSPS) is 20.0. The number of carbonyl (C=O) groups is 1. The van der Waals surface area contributed by atoms with Gasteiger partial charge in [0, 0.05) is 0 Å². The third-order valence-corrected chi connectivity index (χ3v) is 4.22. The van der Waals surface area contributed by atoms with Crippen molar-refractivity contribution in [1.29, 1.82) is 0 Å². The number of rotatable bonds is 4. The Morgan fingerprint density at radius 1 is 1.04 bits per heavy atom. The molecule has 4 nitrogen and oxygen atoms in total. The van der Waals surface area contributed by atoms with E-state index in [4.69, 9.17) is 4.84 Å². The van der Waals surface area contributed by atoms with E-state index in [1.807, 2.05) is 32.0 Å². The van der Waals surface area contributed by atoms with Crippen LogP contribution in [0, 0.1) is 0 Å². The Hall–Kier alpha value is -2.17. The van der Waals surface area contributed by atoms with Crippen LogP contribution in [-0.2, 0) is 16.1 Å². The van der Waals surface area contributed by atoms with Gasteiger partial charge in [0.1, 0.15) is 5.66 Å². The molecular weight excluding hydrogens is 288 g/mol. The maximum Gasteiger partial charge on any atom is 0.265 e. The smallest absolute Gasteiger partial charge is 0.265 e. The number of hydrogen-bond donors (Lipinski definition) is 1. The van der Waals surface area contributed by atoms with Gasteiger partial charge in [0.2, 0.25) is 0 Å². The fraction of sp³-hybridized carbons (Fsp3) is 0.316. The van der Waals surface area contributed by atoms with Crippen molar-refractivity contribution in [3.8, 4) is 11.1 Å². The molecule has 1 saturated heterocycles. The molecule has 0 spiro atoms. The molecule has 1 aliphatic heterocycles. The topological polar surface area (TPSA) is 41.6 Å². The Morgan fingerprint density at radius 3 is 2.22 bits per heavy atom. The second-order valence-electron chi connectivity index (χ2n) is 6.34. The van der Waals surface area contributed by atoms with E-state index in [1.165, 1.54) is 23.3 Å². The predicted octanol–water partition coefficient (Wildman–Crippen LogP) is 2.99. The molecule has 1 fully saturated rings. The fourth-order valence-electron chi connectivity index (χ4n) is 3.12. The van der Waals surface area contributed by atoms with Crippen LogP contribution >= 0.6 is 0 Å². The highest BCUT2D eigenvalue weighted by atomic mass is 16.7. The van der Waals surface area contributed by atoms with Crippen molar-refractivity contribution in [3.63, 3.8) is 0 Å². The largest absolute Gasteiger partial charge is 0.281 e. The molecule has 0 aliphatic carbocycles. The maximum absolute atomic E-state index is 12.4. The second-order valence-corrected chi connectivity index (χ2v) is 6.34. The predicted molar refractivity (Wildman–Crippen MR) is 90.4 cm³/mol. The molecule has 1 heterocycles. The van der Waals surface area contributed by atoms with Crippen molar-refractivity contribution >= 4 is 5.91 Å². The highest BCUT2D eigenvalue weighted by Gasteiger charge is 2.44. The Labute approximate surface area is 137 Å². The lowest BCUT2D eigenvalue weighted by Gasteiger charge is -2.28.